The third-order valence-corrected chi connectivity index (χ3v) is 5.59. The van der Waals surface area contributed by atoms with Gasteiger partial charge >= 0.3 is 0 Å². The highest BCUT2D eigenvalue weighted by Crippen LogP contribution is 2.25. The molecule has 1 saturated carbocycles. The molecule has 0 radical (unpaired) electrons. The summed E-state index contributed by atoms with van der Waals surface area (Å²) in [4.78, 5) is 15.2. The first-order chi connectivity index (χ1) is 13.6. The molecule has 0 spiro atoms. The minimum absolute atomic E-state index is 0.0241. The van der Waals surface area contributed by atoms with Crippen LogP contribution in [0.4, 0.5) is 4.39 Å². The Kier molecular flexibility index (Phi) is 5.28. The molecule has 1 aromatic carbocycles. The number of nitrogens with zero attached hydrogens (tertiary/aromatic N) is 4. The standard InChI is InChI=1S/C22H25FN4O/c1-25(18-8-4-2-3-5-9-18)22(28)20-16-24-27(19-12-10-17(23)11-13-19)21(20)26-14-6-7-15-26/h6-7,10-16,18H,2-5,8-9H2,1H3. The number of benzene rings is 1. The van der Waals surface area contributed by atoms with Crippen LogP contribution in [0.3, 0.4) is 0 Å². The third kappa shape index (κ3) is 3.59. The summed E-state index contributed by atoms with van der Waals surface area (Å²) < 4.78 is 16.9. The molecular formula is C22H25FN4O. The number of amides is 1. The molecule has 0 unspecified atom stereocenters. The van der Waals surface area contributed by atoms with Crippen LogP contribution >= 0.6 is 0 Å². The molecule has 3 aromatic rings. The van der Waals surface area contributed by atoms with Crippen LogP contribution in [-0.2, 0) is 0 Å². The predicted octanol–water partition coefficient (Wildman–Crippen LogP) is 4.60. The number of carbonyl (C=O) groups excluding carboxylic acids is 1. The van der Waals surface area contributed by atoms with E-state index in [4.69, 9.17) is 0 Å². The van der Waals surface area contributed by atoms with Crippen molar-refractivity contribution >= 4 is 5.91 Å². The van der Waals surface area contributed by atoms with Gasteiger partial charge in [0.05, 0.1) is 11.9 Å². The van der Waals surface area contributed by atoms with Crippen LogP contribution in [0.2, 0.25) is 0 Å². The molecule has 0 atom stereocenters. The first-order valence-corrected chi connectivity index (χ1v) is 9.89. The highest BCUT2D eigenvalue weighted by molar-refractivity contribution is 5.97. The Balaban J connectivity index is 1.72. The van der Waals surface area contributed by atoms with Gasteiger partial charge in [0.25, 0.3) is 5.91 Å². The molecule has 28 heavy (non-hydrogen) atoms. The summed E-state index contributed by atoms with van der Waals surface area (Å²) >= 11 is 0. The number of rotatable bonds is 4. The SMILES string of the molecule is CN(C(=O)c1cnn(-c2ccc(F)cc2)c1-n1cccc1)C1CCCCCC1. The fourth-order valence-corrected chi connectivity index (χ4v) is 3.99. The number of hydrogen-bond acceptors (Lipinski definition) is 2. The molecule has 2 aromatic heterocycles. The van der Waals surface area contributed by atoms with E-state index in [-0.39, 0.29) is 17.8 Å². The molecule has 146 valence electrons. The van der Waals surface area contributed by atoms with Gasteiger partial charge < -0.3 is 9.47 Å². The number of aromatic nitrogens is 3. The van der Waals surface area contributed by atoms with Crippen molar-refractivity contribution in [3.63, 3.8) is 0 Å². The molecule has 4 rings (SSSR count). The maximum atomic E-state index is 13.4. The van der Waals surface area contributed by atoms with Gasteiger partial charge in [-0.15, -0.1) is 0 Å². The van der Waals surface area contributed by atoms with Gasteiger partial charge in [-0.25, -0.2) is 9.07 Å². The maximum absolute atomic E-state index is 13.4. The molecule has 0 bridgehead atoms. The van der Waals surface area contributed by atoms with Crippen molar-refractivity contribution in [2.24, 2.45) is 0 Å². The molecule has 1 aliphatic rings. The molecule has 5 nitrogen and oxygen atoms in total. The molecule has 6 heteroatoms. The van der Waals surface area contributed by atoms with Crippen molar-refractivity contribution in [2.75, 3.05) is 7.05 Å². The Morgan fingerprint density at radius 2 is 1.71 bits per heavy atom. The van der Waals surface area contributed by atoms with E-state index < -0.39 is 0 Å². The van der Waals surface area contributed by atoms with E-state index in [9.17, 15) is 9.18 Å². The lowest BCUT2D eigenvalue weighted by molar-refractivity contribution is 0.0717. The van der Waals surface area contributed by atoms with Gasteiger partial charge in [0.1, 0.15) is 11.4 Å². The van der Waals surface area contributed by atoms with Crippen molar-refractivity contribution in [3.05, 3.63) is 66.4 Å². The van der Waals surface area contributed by atoms with Gasteiger partial charge in [0.15, 0.2) is 5.82 Å². The zero-order chi connectivity index (χ0) is 19.5. The Morgan fingerprint density at radius 3 is 2.36 bits per heavy atom. The van der Waals surface area contributed by atoms with Crippen molar-refractivity contribution in [3.8, 4) is 11.5 Å². The third-order valence-electron chi connectivity index (χ3n) is 5.59. The smallest absolute Gasteiger partial charge is 0.259 e. The molecule has 2 heterocycles. The Morgan fingerprint density at radius 1 is 1.07 bits per heavy atom. The summed E-state index contributed by atoms with van der Waals surface area (Å²) in [5.41, 5.74) is 1.26. The summed E-state index contributed by atoms with van der Waals surface area (Å²) in [6.45, 7) is 0. The van der Waals surface area contributed by atoms with E-state index in [1.807, 2.05) is 41.0 Å². The summed E-state index contributed by atoms with van der Waals surface area (Å²) in [7, 11) is 1.90. The van der Waals surface area contributed by atoms with Crippen LogP contribution in [0, 0.1) is 5.82 Å². The van der Waals surface area contributed by atoms with E-state index in [1.54, 1.807) is 23.0 Å². The van der Waals surface area contributed by atoms with E-state index in [0.29, 0.717) is 17.1 Å². The molecular weight excluding hydrogens is 355 g/mol. The van der Waals surface area contributed by atoms with Gasteiger partial charge in [0, 0.05) is 25.5 Å². The lowest BCUT2D eigenvalue weighted by atomic mass is 10.1. The summed E-state index contributed by atoms with van der Waals surface area (Å²) in [6.07, 6.45) is 12.3. The van der Waals surface area contributed by atoms with Gasteiger partial charge in [-0.1, -0.05) is 25.7 Å². The van der Waals surface area contributed by atoms with Crippen LogP contribution in [0.1, 0.15) is 48.9 Å². The minimum atomic E-state index is -0.303. The van der Waals surface area contributed by atoms with Crippen molar-refractivity contribution in [2.45, 2.75) is 44.6 Å². The lowest BCUT2D eigenvalue weighted by Crippen LogP contribution is -2.37. The minimum Gasteiger partial charge on any atom is -0.339 e. The number of carbonyl (C=O) groups is 1. The van der Waals surface area contributed by atoms with Crippen molar-refractivity contribution < 1.29 is 9.18 Å². The number of hydrogen-bond donors (Lipinski definition) is 0. The van der Waals surface area contributed by atoms with Crippen LogP contribution < -0.4 is 0 Å². The second-order valence-electron chi connectivity index (χ2n) is 7.42. The van der Waals surface area contributed by atoms with E-state index in [1.165, 1.54) is 37.8 Å². The monoisotopic (exact) mass is 380 g/mol. The van der Waals surface area contributed by atoms with Crippen molar-refractivity contribution in [1.82, 2.24) is 19.2 Å². The average Bonchev–Trinajstić information content (AvgIpc) is 3.31. The quantitative estimate of drug-likeness (QED) is 0.621. The fourth-order valence-electron chi connectivity index (χ4n) is 3.99. The van der Waals surface area contributed by atoms with Crippen LogP contribution in [-0.4, -0.2) is 38.2 Å². The maximum Gasteiger partial charge on any atom is 0.259 e. The summed E-state index contributed by atoms with van der Waals surface area (Å²) in [5.74, 6) is 0.342. The Labute approximate surface area is 164 Å². The van der Waals surface area contributed by atoms with Crippen molar-refractivity contribution in [1.29, 1.82) is 0 Å². The molecule has 0 N–H and O–H groups in total. The van der Waals surface area contributed by atoms with E-state index in [2.05, 4.69) is 5.10 Å². The van der Waals surface area contributed by atoms with Crippen LogP contribution in [0.25, 0.3) is 11.5 Å². The molecule has 1 fully saturated rings. The second-order valence-corrected chi connectivity index (χ2v) is 7.42. The van der Waals surface area contributed by atoms with Gasteiger partial charge in [-0.05, 0) is 49.2 Å². The predicted molar refractivity (Wildman–Crippen MR) is 106 cm³/mol. The fraction of sp³-hybridized carbons (Fsp3) is 0.364. The Bertz CT molecular complexity index is 922. The normalized spacial score (nSPS) is 15.4. The molecule has 1 amide bonds. The first kappa shape index (κ1) is 18.5. The zero-order valence-electron chi connectivity index (χ0n) is 16.1. The molecule has 0 saturated heterocycles. The molecule has 1 aliphatic carbocycles. The Hall–Kier alpha value is -2.89. The summed E-state index contributed by atoms with van der Waals surface area (Å²) in [6, 6.07) is 10.2. The first-order valence-electron chi connectivity index (χ1n) is 9.89. The average molecular weight is 380 g/mol. The van der Waals surface area contributed by atoms with Gasteiger partial charge in [-0.3, -0.25) is 4.79 Å². The van der Waals surface area contributed by atoms with Gasteiger partial charge in [0.2, 0.25) is 0 Å². The largest absolute Gasteiger partial charge is 0.339 e. The van der Waals surface area contributed by atoms with Crippen LogP contribution in [0.5, 0.6) is 0 Å². The summed E-state index contributed by atoms with van der Waals surface area (Å²) in [5, 5.41) is 4.47. The van der Waals surface area contributed by atoms with E-state index >= 15 is 0 Å². The molecule has 0 aliphatic heterocycles. The highest BCUT2D eigenvalue weighted by Gasteiger charge is 2.27. The topological polar surface area (TPSA) is 43.1 Å². The zero-order valence-corrected chi connectivity index (χ0v) is 16.1. The van der Waals surface area contributed by atoms with Crippen LogP contribution in [0.15, 0.2) is 55.0 Å². The second kappa shape index (κ2) is 8.00. The number of halogens is 1. The van der Waals surface area contributed by atoms with Gasteiger partial charge in [-0.2, -0.15) is 5.10 Å². The highest BCUT2D eigenvalue weighted by atomic mass is 19.1. The lowest BCUT2D eigenvalue weighted by Gasteiger charge is -2.27. The van der Waals surface area contributed by atoms with E-state index in [0.717, 1.165) is 12.8 Å².